The maximum Gasteiger partial charge on any atom is 0.221 e. The molecular formula is C19H25N3O3S. The van der Waals surface area contributed by atoms with Crippen LogP contribution in [0.4, 0.5) is 0 Å². The van der Waals surface area contributed by atoms with Crippen LogP contribution >= 0.6 is 0 Å². The summed E-state index contributed by atoms with van der Waals surface area (Å²) in [6, 6.07) is 9.82. The Morgan fingerprint density at radius 3 is 2.65 bits per heavy atom. The SMILES string of the molecule is O=C(CCS(=O)(=O)C1CCCC1)NCCc1cnn(-c2ccccc2)c1. The molecule has 1 fully saturated rings. The summed E-state index contributed by atoms with van der Waals surface area (Å²) in [5, 5.41) is 6.89. The average Bonchev–Trinajstić information content (AvgIpc) is 3.33. The zero-order chi connectivity index (χ0) is 18.4. The molecule has 2 aromatic rings. The Morgan fingerprint density at radius 2 is 1.92 bits per heavy atom. The van der Waals surface area contributed by atoms with Gasteiger partial charge in [0.05, 0.1) is 22.9 Å². The highest BCUT2D eigenvalue weighted by Gasteiger charge is 2.28. The number of carbonyl (C=O) groups is 1. The molecule has 0 aliphatic heterocycles. The number of hydrogen-bond donors (Lipinski definition) is 1. The van der Waals surface area contributed by atoms with Crippen LogP contribution < -0.4 is 5.32 Å². The first kappa shape index (κ1) is 18.6. The van der Waals surface area contributed by atoms with E-state index in [-0.39, 0.29) is 23.3 Å². The largest absolute Gasteiger partial charge is 0.356 e. The summed E-state index contributed by atoms with van der Waals surface area (Å²) in [6.07, 6.45) is 7.87. The lowest BCUT2D eigenvalue weighted by Gasteiger charge is -2.10. The molecule has 0 saturated heterocycles. The Labute approximate surface area is 154 Å². The number of nitrogens with one attached hydrogen (secondary N) is 1. The van der Waals surface area contributed by atoms with Crippen LogP contribution in [0.3, 0.4) is 0 Å². The van der Waals surface area contributed by atoms with Gasteiger partial charge >= 0.3 is 0 Å². The van der Waals surface area contributed by atoms with Crippen molar-refractivity contribution in [3.8, 4) is 5.69 Å². The first-order chi connectivity index (χ1) is 12.5. The fourth-order valence-electron chi connectivity index (χ4n) is 3.29. The van der Waals surface area contributed by atoms with E-state index in [2.05, 4.69) is 10.4 Å². The minimum atomic E-state index is -3.13. The van der Waals surface area contributed by atoms with E-state index in [0.29, 0.717) is 13.0 Å². The van der Waals surface area contributed by atoms with E-state index in [0.717, 1.165) is 36.9 Å². The topological polar surface area (TPSA) is 81.1 Å². The molecule has 1 N–H and O–H groups in total. The van der Waals surface area contributed by atoms with Gasteiger partial charge in [0.25, 0.3) is 0 Å². The summed E-state index contributed by atoms with van der Waals surface area (Å²) in [4.78, 5) is 11.9. The summed E-state index contributed by atoms with van der Waals surface area (Å²) >= 11 is 0. The first-order valence-corrected chi connectivity index (χ1v) is 10.8. The normalized spacial score (nSPS) is 15.2. The van der Waals surface area contributed by atoms with Gasteiger partial charge in [-0.3, -0.25) is 4.79 Å². The summed E-state index contributed by atoms with van der Waals surface area (Å²) in [6.45, 7) is 0.475. The Morgan fingerprint density at radius 1 is 1.19 bits per heavy atom. The van der Waals surface area contributed by atoms with Crippen molar-refractivity contribution in [3.63, 3.8) is 0 Å². The minimum absolute atomic E-state index is 0.0438. The quantitative estimate of drug-likeness (QED) is 0.767. The van der Waals surface area contributed by atoms with Crippen molar-refractivity contribution in [1.29, 1.82) is 0 Å². The lowest BCUT2D eigenvalue weighted by molar-refractivity contribution is -0.120. The van der Waals surface area contributed by atoms with Crippen molar-refractivity contribution in [2.45, 2.75) is 43.8 Å². The van der Waals surface area contributed by atoms with Crippen LogP contribution in [0.25, 0.3) is 5.69 Å². The number of sulfone groups is 1. The van der Waals surface area contributed by atoms with Gasteiger partial charge in [-0.1, -0.05) is 31.0 Å². The minimum Gasteiger partial charge on any atom is -0.356 e. The van der Waals surface area contributed by atoms with Crippen LogP contribution in [0.5, 0.6) is 0 Å². The van der Waals surface area contributed by atoms with E-state index >= 15 is 0 Å². The van der Waals surface area contributed by atoms with Crippen LogP contribution in [0, 0.1) is 0 Å². The van der Waals surface area contributed by atoms with Crippen LogP contribution in [-0.2, 0) is 21.1 Å². The third kappa shape index (κ3) is 4.94. The van der Waals surface area contributed by atoms with E-state index < -0.39 is 9.84 Å². The zero-order valence-corrected chi connectivity index (χ0v) is 15.6. The third-order valence-corrected chi connectivity index (χ3v) is 7.08. The first-order valence-electron chi connectivity index (χ1n) is 9.12. The second kappa shape index (κ2) is 8.49. The molecule has 3 rings (SSSR count). The van der Waals surface area contributed by atoms with E-state index in [9.17, 15) is 13.2 Å². The van der Waals surface area contributed by atoms with Crippen LogP contribution in [-0.4, -0.2) is 41.7 Å². The van der Waals surface area contributed by atoms with Gasteiger partial charge in [0, 0.05) is 19.2 Å². The van der Waals surface area contributed by atoms with Crippen molar-refractivity contribution in [1.82, 2.24) is 15.1 Å². The number of aromatic nitrogens is 2. The Hall–Kier alpha value is -2.15. The van der Waals surface area contributed by atoms with Crippen molar-refractivity contribution in [3.05, 3.63) is 48.3 Å². The van der Waals surface area contributed by atoms with Gasteiger partial charge < -0.3 is 5.32 Å². The highest BCUT2D eigenvalue weighted by molar-refractivity contribution is 7.92. The molecule has 0 atom stereocenters. The molecule has 26 heavy (non-hydrogen) atoms. The molecule has 0 bridgehead atoms. The average molecular weight is 375 g/mol. The smallest absolute Gasteiger partial charge is 0.221 e. The number of amides is 1. The van der Waals surface area contributed by atoms with E-state index in [1.165, 1.54) is 0 Å². The number of nitrogens with zero attached hydrogens (tertiary/aromatic N) is 2. The van der Waals surface area contributed by atoms with Crippen LogP contribution in [0.1, 0.15) is 37.7 Å². The van der Waals surface area contributed by atoms with E-state index in [1.807, 2.05) is 36.5 Å². The van der Waals surface area contributed by atoms with Crippen LogP contribution in [0.15, 0.2) is 42.7 Å². The molecule has 0 radical (unpaired) electrons. The molecule has 1 amide bonds. The highest BCUT2D eigenvalue weighted by atomic mass is 32.2. The summed E-state index contributed by atoms with van der Waals surface area (Å²) in [5.41, 5.74) is 2.01. The molecule has 7 heteroatoms. The van der Waals surface area contributed by atoms with Gasteiger partial charge in [0.15, 0.2) is 9.84 Å². The predicted molar refractivity (Wildman–Crippen MR) is 101 cm³/mol. The molecular weight excluding hydrogens is 350 g/mol. The molecule has 6 nitrogen and oxygen atoms in total. The fraction of sp³-hybridized carbons (Fsp3) is 0.474. The molecule has 1 aliphatic carbocycles. The lowest BCUT2D eigenvalue weighted by atomic mass is 10.2. The fourth-order valence-corrected chi connectivity index (χ4v) is 5.15. The maximum absolute atomic E-state index is 12.2. The Balaban J connectivity index is 1.41. The molecule has 0 spiro atoms. The van der Waals surface area contributed by atoms with Crippen molar-refractivity contribution in [2.24, 2.45) is 0 Å². The van der Waals surface area contributed by atoms with Crippen molar-refractivity contribution < 1.29 is 13.2 Å². The highest BCUT2D eigenvalue weighted by Crippen LogP contribution is 2.25. The molecule has 1 aromatic carbocycles. The number of benzene rings is 1. The van der Waals surface area contributed by atoms with Gasteiger partial charge in [0.2, 0.25) is 5.91 Å². The second-order valence-electron chi connectivity index (χ2n) is 6.75. The number of carbonyl (C=O) groups excluding carboxylic acids is 1. The molecule has 0 unspecified atom stereocenters. The van der Waals surface area contributed by atoms with Gasteiger partial charge in [-0.25, -0.2) is 13.1 Å². The summed E-state index contributed by atoms with van der Waals surface area (Å²) in [5.74, 6) is -0.253. The van der Waals surface area contributed by atoms with Crippen molar-refractivity contribution in [2.75, 3.05) is 12.3 Å². The standard InChI is InChI=1S/C19H25N3O3S/c23-19(11-13-26(24,25)18-8-4-5-9-18)20-12-10-16-14-21-22(15-16)17-6-2-1-3-7-17/h1-3,6-7,14-15,18H,4-5,8-13H2,(H,20,23). The lowest BCUT2D eigenvalue weighted by Crippen LogP contribution is -2.29. The van der Waals surface area contributed by atoms with Crippen LogP contribution in [0.2, 0.25) is 0 Å². The monoisotopic (exact) mass is 375 g/mol. The Kier molecular flexibility index (Phi) is 6.08. The van der Waals surface area contributed by atoms with Gasteiger partial charge in [-0.15, -0.1) is 0 Å². The second-order valence-corrected chi connectivity index (χ2v) is 9.15. The molecule has 1 aliphatic rings. The predicted octanol–water partition coefficient (Wildman–Crippen LogP) is 2.28. The van der Waals surface area contributed by atoms with Gasteiger partial charge in [-0.2, -0.15) is 5.10 Å². The number of rotatable bonds is 8. The zero-order valence-electron chi connectivity index (χ0n) is 14.8. The molecule has 1 aromatic heterocycles. The third-order valence-electron chi connectivity index (χ3n) is 4.82. The van der Waals surface area contributed by atoms with Gasteiger partial charge in [0.1, 0.15) is 0 Å². The Bertz CT molecular complexity index is 825. The number of para-hydroxylation sites is 1. The molecule has 1 heterocycles. The van der Waals surface area contributed by atoms with Crippen molar-refractivity contribution >= 4 is 15.7 Å². The number of hydrogen-bond acceptors (Lipinski definition) is 4. The maximum atomic E-state index is 12.2. The molecule has 1 saturated carbocycles. The van der Waals surface area contributed by atoms with E-state index in [1.54, 1.807) is 10.9 Å². The van der Waals surface area contributed by atoms with Gasteiger partial charge in [-0.05, 0) is 37.0 Å². The summed E-state index contributed by atoms with van der Waals surface area (Å²) in [7, 11) is -3.13. The van der Waals surface area contributed by atoms with E-state index in [4.69, 9.17) is 0 Å². The molecule has 140 valence electrons. The summed E-state index contributed by atoms with van der Waals surface area (Å²) < 4.78 is 26.2.